The van der Waals surface area contributed by atoms with E-state index in [1.807, 2.05) is 12.1 Å². The fourth-order valence-electron chi connectivity index (χ4n) is 3.44. The Bertz CT molecular complexity index is 783. The highest BCUT2D eigenvalue weighted by atomic mass is 79.9. The molecule has 0 amide bonds. The van der Waals surface area contributed by atoms with Gasteiger partial charge in [0.15, 0.2) is 5.82 Å². The van der Waals surface area contributed by atoms with Crippen LogP contribution in [0.1, 0.15) is 12.0 Å². The van der Waals surface area contributed by atoms with E-state index in [0.717, 1.165) is 71.7 Å². The van der Waals surface area contributed by atoms with E-state index in [1.165, 1.54) is 6.42 Å². The van der Waals surface area contributed by atoms with Gasteiger partial charge in [-0.1, -0.05) is 27.7 Å². The van der Waals surface area contributed by atoms with Crippen LogP contribution in [0.15, 0.2) is 40.1 Å². The highest BCUT2D eigenvalue weighted by molar-refractivity contribution is 9.10. The van der Waals surface area contributed by atoms with Crippen molar-refractivity contribution in [2.24, 2.45) is 0 Å². The van der Waals surface area contributed by atoms with Crippen molar-refractivity contribution in [2.75, 3.05) is 65.4 Å². The van der Waals surface area contributed by atoms with Crippen molar-refractivity contribution in [3.8, 4) is 5.75 Å². The summed E-state index contributed by atoms with van der Waals surface area (Å²) in [6.07, 6.45) is 4.79. The summed E-state index contributed by atoms with van der Waals surface area (Å²) in [7, 11) is 5.98. The molecular formula is C21H30BrN5OS. The third-order valence-corrected chi connectivity index (χ3v) is 6.51. The number of thioether (sulfide) groups is 1. The Morgan fingerprint density at radius 2 is 1.90 bits per heavy atom. The lowest BCUT2D eigenvalue weighted by Crippen LogP contribution is -2.47. The number of hydrogen-bond acceptors (Lipinski definition) is 7. The molecule has 1 fully saturated rings. The first-order valence-corrected chi connectivity index (χ1v) is 11.7. The van der Waals surface area contributed by atoms with Gasteiger partial charge in [0.25, 0.3) is 0 Å². The summed E-state index contributed by atoms with van der Waals surface area (Å²) in [6, 6.07) is 6.10. The Morgan fingerprint density at radius 1 is 1.14 bits per heavy atom. The number of methoxy groups -OCH3 is 1. The molecule has 0 unspecified atom stereocenters. The van der Waals surface area contributed by atoms with Crippen LogP contribution in [0.3, 0.4) is 0 Å². The fourth-order valence-corrected chi connectivity index (χ4v) is 4.81. The summed E-state index contributed by atoms with van der Waals surface area (Å²) in [4.78, 5) is 16.5. The van der Waals surface area contributed by atoms with E-state index in [2.05, 4.69) is 60.8 Å². The molecule has 29 heavy (non-hydrogen) atoms. The van der Waals surface area contributed by atoms with Gasteiger partial charge in [0, 0.05) is 54.4 Å². The molecule has 0 saturated carbocycles. The largest absolute Gasteiger partial charge is 0.496 e. The maximum Gasteiger partial charge on any atom is 0.161 e. The van der Waals surface area contributed by atoms with Crippen LogP contribution in [0, 0.1) is 0 Å². The van der Waals surface area contributed by atoms with Crippen LogP contribution in [-0.4, -0.2) is 80.2 Å². The molecule has 0 bridgehead atoms. The highest BCUT2D eigenvalue weighted by Gasteiger charge is 2.21. The van der Waals surface area contributed by atoms with Crippen molar-refractivity contribution in [1.82, 2.24) is 19.8 Å². The molecule has 6 nitrogen and oxygen atoms in total. The minimum Gasteiger partial charge on any atom is -0.496 e. The van der Waals surface area contributed by atoms with Gasteiger partial charge in [0.05, 0.1) is 7.11 Å². The number of anilines is 1. The van der Waals surface area contributed by atoms with E-state index in [9.17, 15) is 0 Å². The minimum absolute atomic E-state index is 0.790. The second-order valence-electron chi connectivity index (χ2n) is 7.42. The molecule has 2 heterocycles. The Hall–Kier alpha value is -1.35. The smallest absolute Gasteiger partial charge is 0.161 e. The van der Waals surface area contributed by atoms with Gasteiger partial charge in [-0.2, -0.15) is 0 Å². The van der Waals surface area contributed by atoms with Crippen LogP contribution in [0.2, 0.25) is 0 Å². The van der Waals surface area contributed by atoms with E-state index in [0.29, 0.717) is 0 Å². The van der Waals surface area contributed by atoms with E-state index in [-0.39, 0.29) is 0 Å². The lowest BCUT2D eigenvalue weighted by Gasteiger charge is -2.36. The van der Waals surface area contributed by atoms with Gasteiger partial charge in [-0.25, -0.2) is 9.97 Å². The van der Waals surface area contributed by atoms with Gasteiger partial charge >= 0.3 is 0 Å². The van der Waals surface area contributed by atoms with Gasteiger partial charge in [0.2, 0.25) is 0 Å². The highest BCUT2D eigenvalue weighted by Crippen LogP contribution is 2.33. The van der Waals surface area contributed by atoms with Gasteiger partial charge in [-0.05, 0) is 51.8 Å². The standard InChI is InChI=1S/C21H30BrN5OS/c1-25(2)9-4-10-26-11-13-27(14-12-26)20-21(24-8-7-23-20)29-16-17-15-18(22)5-6-19(17)28-3/h5-8,15H,4,9-14,16H2,1-3H3. The topological polar surface area (TPSA) is 44.7 Å². The summed E-state index contributed by atoms with van der Waals surface area (Å²) in [5.74, 6) is 2.69. The van der Waals surface area contributed by atoms with Crippen molar-refractivity contribution in [3.05, 3.63) is 40.6 Å². The Labute approximate surface area is 186 Å². The SMILES string of the molecule is COc1ccc(Br)cc1CSc1nccnc1N1CCN(CCCN(C)C)CC1. The third kappa shape index (κ3) is 6.57. The minimum atomic E-state index is 0.790. The van der Waals surface area contributed by atoms with Gasteiger partial charge in [-0.3, -0.25) is 4.90 Å². The molecule has 1 aromatic heterocycles. The summed E-state index contributed by atoms with van der Waals surface area (Å²) < 4.78 is 6.56. The monoisotopic (exact) mass is 479 g/mol. The number of hydrogen-bond donors (Lipinski definition) is 0. The zero-order valence-electron chi connectivity index (χ0n) is 17.5. The van der Waals surface area contributed by atoms with Crippen molar-refractivity contribution in [2.45, 2.75) is 17.2 Å². The first kappa shape index (κ1) is 22.3. The zero-order valence-corrected chi connectivity index (χ0v) is 19.9. The predicted molar refractivity (Wildman–Crippen MR) is 124 cm³/mol. The van der Waals surface area contributed by atoms with Crippen LogP contribution in [0.5, 0.6) is 5.75 Å². The van der Waals surface area contributed by atoms with Crippen molar-refractivity contribution in [3.63, 3.8) is 0 Å². The number of piperazine rings is 1. The summed E-state index contributed by atoms with van der Waals surface area (Å²) >= 11 is 5.27. The maximum absolute atomic E-state index is 5.50. The summed E-state index contributed by atoms with van der Waals surface area (Å²) in [5, 5.41) is 0.982. The predicted octanol–water partition coefficient (Wildman–Crippen LogP) is 3.61. The van der Waals surface area contributed by atoms with Crippen molar-refractivity contribution in [1.29, 1.82) is 0 Å². The second-order valence-corrected chi connectivity index (χ2v) is 9.30. The quantitative estimate of drug-likeness (QED) is 0.508. The van der Waals surface area contributed by atoms with E-state index in [4.69, 9.17) is 4.74 Å². The van der Waals surface area contributed by atoms with Gasteiger partial charge < -0.3 is 14.5 Å². The van der Waals surface area contributed by atoms with E-state index in [1.54, 1.807) is 31.3 Å². The first-order chi connectivity index (χ1) is 14.1. The van der Waals surface area contributed by atoms with Crippen LogP contribution >= 0.6 is 27.7 Å². The molecule has 2 aromatic rings. The van der Waals surface area contributed by atoms with Gasteiger partial charge in [0.1, 0.15) is 10.8 Å². The fraction of sp³-hybridized carbons (Fsp3) is 0.524. The third-order valence-electron chi connectivity index (χ3n) is 5.00. The number of nitrogens with zero attached hydrogens (tertiary/aromatic N) is 5. The first-order valence-electron chi connectivity index (χ1n) is 9.95. The molecule has 3 rings (SSSR count). The van der Waals surface area contributed by atoms with Crippen molar-refractivity contribution < 1.29 is 4.74 Å². The summed E-state index contributed by atoms with van der Waals surface area (Å²) in [6.45, 7) is 6.45. The molecule has 0 aliphatic carbocycles. The molecule has 8 heteroatoms. The molecule has 1 aliphatic heterocycles. The molecule has 0 atom stereocenters. The zero-order chi connectivity index (χ0) is 20.6. The maximum atomic E-state index is 5.50. The Morgan fingerprint density at radius 3 is 2.62 bits per heavy atom. The molecular weight excluding hydrogens is 450 g/mol. The average molecular weight is 480 g/mol. The summed E-state index contributed by atoms with van der Waals surface area (Å²) in [5.41, 5.74) is 1.15. The molecule has 0 radical (unpaired) electrons. The number of ether oxygens (including phenoxy) is 1. The Kier molecular flexibility index (Phi) is 8.59. The van der Waals surface area contributed by atoms with E-state index >= 15 is 0 Å². The molecule has 1 saturated heterocycles. The number of benzene rings is 1. The van der Waals surface area contributed by atoms with Gasteiger partial charge in [-0.15, -0.1) is 0 Å². The van der Waals surface area contributed by atoms with Crippen LogP contribution in [0.4, 0.5) is 5.82 Å². The Balaban J connectivity index is 1.59. The normalized spacial score (nSPS) is 15.1. The lowest BCUT2D eigenvalue weighted by molar-refractivity contribution is 0.241. The molecule has 0 spiro atoms. The number of rotatable bonds is 9. The number of halogens is 1. The molecule has 1 aliphatic rings. The molecule has 0 N–H and O–H groups in total. The molecule has 1 aromatic carbocycles. The van der Waals surface area contributed by atoms with Crippen LogP contribution in [0.25, 0.3) is 0 Å². The van der Waals surface area contributed by atoms with Crippen LogP contribution in [-0.2, 0) is 5.75 Å². The average Bonchev–Trinajstić information content (AvgIpc) is 2.73. The molecule has 158 valence electrons. The lowest BCUT2D eigenvalue weighted by atomic mass is 10.2. The van der Waals surface area contributed by atoms with Crippen LogP contribution < -0.4 is 9.64 Å². The van der Waals surface area contributed by atoms with E-state index < -0.39 is 0 Å². The number of aromatic nitrogens is 2. The van der Waals surface area contributed by atoms with Crippen molar-refractivity contribution >= 4 is 33.5 Å². The second kappa shape index (κ2) is 11.2.